The third-order valence-corrected chi connectivity index (χ3v) is 2.55. The first-order valence-electron chi connectivity index (χ1n) is 6.11. The summed E-state index contributed by atoms with van der Waals surface area (Å²) in [5.74, 6) is -0.240. The van der Waals surface area contributed by atoms with E-state index in [0.717, 1.165) is 5.56 Å². The Hall–Kier alpha value is -2.80. The molecule has 4 nitrogen and oxygen atoms in total. The first kappa shape index (κ1) is 13.6. The average molecular weight is 267 g/mol. The van der Waals surface area contributed by atoms with Crippen LogP contribution in [0.1, 0.15) is 5.56 Å². The fourth-order valence-electron chi connectivity index (χ4n) is 1.57. The number of carbonyl (C=O) groups is 1. The maximum atomic E-state index is 11.8. The SMILES string of the molecule is N#CC(Oc1ccccc1)C(=O)OCc1ccccc1. The summed E-state index contributed by atoms with van der Waals surface area (Å²) in [6.07, 6.45) is -1.26. The minimum atomic E-state index is -1.26. The molecule has 1 unspecified atom stereocenters. The molecule has 0 spiro atoms. The Kier molecular flexibility index (Phi) is 4.74. The van der Waals surface area contributed by atoms with Crippen LogP contribution in [0.4, 0.5) is 0 Å². The Morgan fingerprint density at radius 3 is 2.25 bits per heavy atom. The zero-order valence-electron chi connectivity index (χ0n) is 10.7. The number of hydrogen-bond acceptors (Lipinski definition) is 4. The molecule has 0 aliphatic carbocycles. The summed E-state index contributed by atoms with van der Waals surface area (Å²) in [6.45, 7) is 0.121. The lowest BCUT2D eigenvalue weighted by atomic mass is 10.2. The molecule has 0 aliphatic rings. The fourth-order valence-corrected chi connectivity index (χ4v) is 1.57. The highest BCUT2D eigenvalue weighted by Gasteiger charge is 2.21. The predicted molar refractivity (Wildman–Crippen MR) is 72.7 cm³/mol. The largest absolute Gasteiger partial charge is 0.464 e. The molecule has 0 N–H and O–H groups in total. The highest BCUT2D eigenvalue weighted by Crippen LogP contribution is 2.12. The van der Waals surface area contributed by atoms with E-state index in [1.54, 1.807) is 30.3 Å². The van der Waals surface area contributed by atoms with Crippen LogP contribution in [0, 0.1) is 11.3 Å². The van der Waals surface area contributed by atoms with Crippen molar-refractivity contribution >= 4 is 5.97 Å². The van der Waals surface area contributed by atoms with Crippen LogP contribution in [0.15, 0.2) is 60.7 Å². The summed E-state index contributed by atoms with van der Waals surface area (Å²) in [5.41, 5.74) is 0.859. The van der Waals surface area contributed by atoms with Gasteiger partial charge in [-0.2, -0.15) is 5.26 Å². The van der Waals surface area contributed by atoms with Crippen molar-refractivity contribution in [1.82, 2.24) is 0 Å². The third-order valence-electron chi connectivity index (χ3n) is 2.55. The van der Waals surface area contributed by atoms with Crippen LogP contribution in [-0.2, 0) is 16.1 Å². The van der Waals surface area contributed by atoms with Gasteiger partial charge in [-0.1, -0.05) is 48.5 Å². The number of carbonyl (C=O) groups excluding carboxylic acids is 1. The molecule has 0 aliphatic heterocycles. The van der Waals surface area contributed by atoms with Crippen molar-refractivity contribution in [2.75, 3.05) is 0 Å². The maximum absolute atomic E-state index is 11.8. The molecule has 4 heteroatoms. The summed E-state index contributed by atoms with van der Waals surface area (Å²) in [6, 6.07) is 19.8. The molecule has 0 radical (unpaired) electrons. The van der Waals surface area contributed by atoms with Crippen molar-refractivity contribution in [3.8, 4) is 11.8 Å². The van der Waals surface area contributed by atoms with E-state index in [0.29, 0.717) is 5.75 Å². The van der Waals surface area contributed by atoms with E-state index >= 15 is 0 Å². The van der Waals surface area contributed by atoms with Crippen LogP contribution < -0.4 is 4.74 Å². The summed E-state index contributed by atoms with van der Waals surface area (Å²) in [4.78, 5) is 11.8. The van der Waals surface area contributed by atoms with Gasteiger partial charge >= 0.3 is 5.97 Å². The van der Waals surface area contributed by atoms with Crippen LogP contribution in [0.25, 0.3) is 0 Å². The molecule has 0 aromatic heterocycles. The summed E-state index contributed by atoms with van der Waals surface area (Å²) >= 11 is 0. The Morgan fingerprint density at radius 1 is 1.05 bits per heavy atom. The van der Waals surface area contributed by atoms with Gasteiger partial charge < -0.3 is 9.47 Å². The van der Waals surface area contributed by atoms with E-state index < -0.39 is 12.1 Å². The molecule has 0 saturated heterocycles. The molecular weight excluding hydrogens is 254 g/mol. The molecule has 20 heavy (non-hydrogen) atoms. The summed E-state index contributed by atoms with van der Waals surface area (Å²) in [7, 11) is 0. The van der Waals surface area contributed by atoms with Crippen LogP contribution in [-0.4, -0.2) is 12.1 Å². The Balaban J connectivity index is 1.91. The molecular formula is C16H13NO3. The quantitative estimate of drug-likeness (QED) is 0.781. The minimum absolute atomic E-state index is 0.121. The molecule has 2 aromatic carbocycles. The summed E-state index contributed by atoms with van der Waals surface area (Å²) < 4.78 is 10.3. The molecule has 2 aromatic rings. The van der Waals surface area contributed by atoms with Gasteiger partial charge in [0.05, 0.1) is 0 Å². The van der Waals surface area contributed by atoms with Crippen LogP contribution in [0.2, 0.25) is 0 Å². The van der Waals surface area contributed by atoms with Gasteiger partial charge in [0.15, 0.2) is 0 Å². The number of nitriles is 1. The molecule has 1 atom stereocenters. The smallest absolute Gasteiger partial charge is 0.362 e. The normalized spacial score (nSPS) is 11.2. The van der Waals surface area contributed by atoms with Gasteiger partial charge in [0.1, 0.15) is 18.4 Å². The average Bonchev–Trinajstić information content (AvgIpc) is 2.52. The van der Waals surface area contributed by atoms with E-state index in [1.807, 2.05) is 36.4 Å². The van der Waals surface area contributed by atoms with E-state index in [1.165, 1.54) is 0 Å². The van der Waals surface area contributed by atoms with E-state index in [2.05, 4.69) is 0 Å². The van der Waals surface area contributed by atoms with Crippen molar-refractivity contribution in [2.45, 2.75) is 12.7 Å². The lowest BCUT2D eigenvalue weighted by Crippen LogP contribution is -2.27. The Labute approximate surface area is 117 Å². The number of rotatable bonds is 5. The van der Waals surface area contributed by atoms with Gasteiger partial charge in [-0.3, -0.25) is 0 Å². The lowest BCUT2D eigenvalue weighted by molar-refractivity contribution is -0.150. The van der Waals surface area contributed by atoms with Crippen molar-refractivity contribution < 1.29 is 14.3 Å². The third kappa shape index (κ3) is 3.85. The van der Waals surface area contributed by atoms with Crippen molar-refractivity contribution in [3.63, 3.8) is 0 Å². The summed E-state index contributed by atoms with van der Waals surface area (Å²) in [5, 5.41) is 8.98. The van der Waals surface area contributed by atoms with Crippen LogP contribution >= 0.6 is 0 Å². The second kappa shape index (κ2) is 6.95. The molecule has 100 valence electrons. The lowest BCUT2D eigenvalue weighted by Gasteiger charge is -2.11. The molecule has 0 bridgehead atoms. The predicted octanol–water partition coefficient (Wildman–Crippen LogP) is 2.70. The highest BCUT2D eigenvalue weighted by molar-refractivity contribution is 5.78. The monoisotopic (exact) mass is 267 g/mol. The Bertz CT molecular complexity index is 590. The van der Waals surface area contributed by atoms with E-state index in [4.69, 9.17) is 14.7 Å². The number of esters is 1. The zero-order valence-corrected chi connectivity index (χ0v) is 10.7. The van der Waals surface area contributed by atoms with Crippen molar-refractivity contribution in [1.29, 1.82) is 5.26 Å². The van der Waals surface area contributed by atoms with E-state index in [-0.39, 0.29) is 6.61 Å². The molecule has 2 rings (SSSR count). The van der Waals surface area contributed by atoms with Crippen LogP contribution in [0.5, 0.6) is 5.75 Å². The van der Waals surface area contributed by atoms with Gasteiger partial charge in [-0.25, -0.2) is 4.79 Å². The highest BCUT2D eigenvalue weighted by atomic mass is 16.6. The van der Waals surface area contributed by atoms with Crippen molar-refractivity contribution in [2.24, 2.45) is 0 Å². The molecule has 0 saturated carbocycles. The fraction of sp³-hybridized carbons (Fsp3) is 0.125. The molecule has 0 amide bonds. The van der Waals surface area contributed by atoms with Gasteiger partial charge in [0, 0.05) is 0 Å². The molecule has 0 fully saturated rings. The van der Waals surface area contributed by atoms with Crippen LogP contribution in [0.3, 0.4) is 0 Å². The topological polar surface area (TPSA) is 59.3 Å². The number of benzene rings is 2. The van der Waals surface area contributed by atoms with Gasteiger partial charge in [0.25, 0.3) is 6.10 Å². The van der Waals surface area contributed by atoms with Gasteiger partial charge in [0.2, 0.25) is 0 Å². The number of para-hydroxylation sites is 1. The first-order chi connectivity index (χ1) is 9.79. The minimum Gasteiger partial charge on any atom is -0.464 e. The second-order valence-corrected chi connectivity index (χ2v) is 4.03. The second-order valence-electron chi connectivity index (χ2n) is 4.03. The zero-order chi connectivity index (χ0) is 14.2. The van der Waals surface area contributed by atoms with Gasteiger partial charge in [-0.05, 0) is 17.7 Å². The van der Waals surface area contributed by atoms with E-state index in [9.17, 15) is 4.79 Å². The Morgan fingerprint density at radius 2 is 1.65 bits per heavy atom. The first-order valence-corrected chi connectivity index (χ1v) is 6.11. The molecule has 0 heterocycles. The standard InChI is InChI=1S/C16H13NO3/c17-11-15(20-14-9-5-2-6-10-14)16(18)19-12-13-7-3-1-4-8-13/h1-10,15H,12H2. The number of nitrogens with zero attached hydrogens (tertiary/aromatic N) is 1. The maximum Gasteiger partial charge on any atom is 0.362 e. The van der Waals surface area contributed by atoms with Gasteiger partial charge in [-0.15, -0.1) is 0 Å². The number of ether oxygens (including phenoxy) is 2. The van der Waals surface area contributed by atoms with Crippen molar-refractivity contribution in [3.05, 3.63) is 66.2 Å². The number of hydrogen-bond donors (Lipinski definition) is 0.